The summed E-state index contributed by atoms with van der Waals surface area (Å²) in [5.74, 6) is 0.865. The van der Waals surface area contributed by atoms with Crippen LogP contribution >= 0.6 is 23.1 Å². The first-order valence-electron chi connectivity index (χ1n) is 9.17. The minimum Gasteiger partial charge on any atom is -0.463 e. The van der Waals surface area contributed by atoms with E-state index in [9.17, 15) is 9.59 Å². The maximum Gasteiger partial charge on any atom is 0.337 e. The third-order valence-electron chi connectivity index (χ3n) is 4.53. The predicted molar refractivity (Wildman–Crippen MR) is 107 cm³/mol. The Hall–Kier alpha value is -2.33. The molecule has 0 saturated heterocycles. The van der Waals surface area contributed by atoms with Crippen LogP contribution in [0.4, 0.5) is 4.79 Å². The highest BCUT2D eigenvalue weighted by Crippen LogP contribution is 2.42. The van der Waals surface area contributed by atoms with Gasteiger partial charge in [0.15, 0.2) is 11.0 Å². The Bertz CT molecular complexity index is 918. The molecule has 0 unspecified atom stereocenters. The van der Waals surface area contributed by atoms with Crippen molar-refractivity contribution >= 4 is 35.1 Å². The number of nitrogens with one attached hydrogen (secondary N) is 2. The van der Waals surface area contributed by atoms with Gasteiger partial charge in [-0.3, -0.25) is 4.57 Å². The van der Waals surface area contributed by atoms with Crippen molar-refractivity contribution in [1.82, 2.24) is 25.4 Å². The maximum atomic E-state index is 12.4. The normalized spacial score (nSPS) is 19.4. The fourth-order valence-electron chi connectivity index (χ4n) is 3.14. The van der Waals surface area contributed by atoms with E-state index >= 15 is 0 Å². The molecule has 2 aliphatic rings. The van der Waals surface area contributed by atoms with Crippen molar-refractivity contribution in [3.8, 4) is 10.7 Å². The third kappa shape index (κ3) is 3.79. The summed E-state index contributed by atoms with van der Waals surface area (Å²) in [6.45, 7) is 3.82. The molecule has 2 aromatic heterocycles. The number of hydrogen-bond donors (Lipinski definition) is 2. The summed E-state index contributed by atoms with van der Waals surface area (Å²) in [5, 5.41) is 17.1. The lowest BCUT2D eigenvalue weighted by Crippen LogP contribution is -2.49. The Morgan fingerprint density at radius 2 is 2.25 bits per heavy atom. The molecule has 4 rings (SSSR count). The fraction of sp³-hybridized carbons (Fsp3) is 0.444. The van der Waals surface area contributed by atoms with E-state index in [0.717, 1.165) is 28.7 Å². The number of hydrogen-bond acceptors (Lipinski definition) is 7. The van der Waals surface area contributed by atoms with Gasteiger partial charge in [-0.25, -0.2) is 9.59 Å². The molecule has 0 bridgehead atoms. The molecule has 3 heterocycles. The van der Waals surface area contributed by atoms with Crippen LogP contribution in [-0.2, 0) is 9.53 Å². The molecule has 28 heavy (non-hydrogen) atoms. The highest BCUT2D eigenvalue weighted by molar-refractivity contribution is 7.99. The van der Waals surface area contributed by atoms with Gasteiger partial charge in [-0.2, -0.15) is 0 Å². The van der Waals surface area contributed by atoms with Crippen LogP contribution in [0.1, 0.15) is 32.7 Å². The summed E-state index contributed by atoms with van der Waals surface area (Å²) in [5.41, 5.74) is 1.01. The van der Waals surface area contributed by atoms with Gasteiger partial charge >= 0.3 is 12.0 Å². The molecule has 0 aromatic carbocycles. The van der Waals surface area contributed by atoms with Crippen LogP contribution < -0.4 is 10.6 Å². The summed E-state index contributed by atoms with van der Waals surface area (Å²) in [4.78, 5) is 25.4. The van der Waals surface area contributed by atoms with Crippen molar-refractivity contribution in [2.24, 2.45) is 0 Å². The van der Waals surface area contributed by atoms with E-state index in [4.69, 9.17) is 4.74 Å². The second-order valence-electron chi connectivity index (χ2n) is 6.61. The average molecular weight is 420 g/mol. The number of amides is 2. The Labute approximate surface area is 170 Å². The van der Waals surface area contributed by atoms with Gasteiger partial charge in [0, 0.05) is 17.5 Å². The molecule has 1 atom stereocenters. The first-order chi connectivity index (χ1) is 13.6. The van der Waals surface area contributed by atoms with Gasteiger partial charge in [0.05, 0.1) is 23.1 Å². The van der Waals surface area contributed by atoms with Crippen LogP contribution in [0, 0.1) is 0 Å². The predicted octanol–water partition coefficient (Wildman–Crippen LogP) is 2.95. The van der Waals surface area contributed by atoms with Gasteiger partial charge in [-0.15, -0.1) is 21.5 Å². The van der Waals surface area contributed by atoms with Crippen LogP contribution in [0.25, 0.3) is 10.7 Å². The number of urea groups is 1. The van der Waals surface area contributed by atoms with E-state index < -0.39 is 12.0 Å². The summed E-state index contributed by atoms with van der Waals surface area (Å²) in [7, 11) is 0. The Kier molecular flexibility index (Phi) is 5.40. The number of thioether (sulfide) groups is 1. The molecule has 2 N–H and O–H groups in total. The van der Waals surface area contributed by atoms with E-state index in [2.05, 4.69) is 25.4 Å². The lowest BCUT2D eigenvalue weighted by Gasteiger charge is -2.26. The molecule has 2 amide bonds. The molecule has 1 aliphatic heterocycles. The van der Waals surface area contributed by atoms with Crippen LogP contribution in [0.2, 0.25) is 0 Å². The molecule has 1 aliphatic carbocycles. The van der Waals surface area contributed by atoms with Gasteiger partial charge in [-0.05, 0) is 38.1 Å². The van der Waals surface area contributed by atoms with Crippen molar-refractivity contribution in [3.63, 3.8) is 0 Å². The van der Waals surface area contributed by atoms with Gasteiger partial charge in [-0.1, -0.05) is 17.8 Å². The van der Waals surface area contributed by atoms with Crippen molar-refractivity contribution in [1.29, 1.82) is 0 Å². The Morgan fingerprint density at radius 1 is 1.43 bits per heavy atom. The number of aromatic nitrogens is 3. The summed E-state index contributed by atoms with van der Waals surface area (Å²) in [6, 6.07) is 3.72. The van der Waals surface area contributed by atoms with Gasteiger partial charge in [0.25, 0.3) is 0 Å². The quantitative estimate of drug-likeness (QED) is 0.529. The molecule has 0 radical (unpaired) electrons. The minimum absolute atomic E-state index is 0.281. The van der Waals surface area contributed by atoms with Crippen molar-refractivity contribution in [2.75, 3.05) is 12.4 Å². The van der Waals surface area contributed by atoms with Crippen LogP contribution in [0.15, 0.2) is 33.9 Å². The molecule has 10 heteroatoms. The molecule has 2 aromatic rings. The molecule has 148 valence electrons. The molecule has 1 fully saturated rings. The molecule has 1 saturated carbocycles. The zero-order chi connectivity index (χ0) is 19.7. The number of rotatable bonds is 7. The van der Waals surface area contributed by atoms with E-state index in [1.54, 1.807) is 25.2 Å². The van der Waals surface area contributed by atoms with Crippen molar-refractivity contribution in [3.05, 3.63) is 28.8 Å². The monoisotopic (exact) mass is 419 g/mol. The number of ether oxygens (including phenoxy) is 1. The lowest BCUT2D eigenvalue weighted by atomic mass is 10.1. The first kappa shape index (κ1) is 19.0. The number of carbonyl (C=O) groups excluding carboxylic acids is 2. The van der Waals surface area contributed by atoms with Crippen molar-refractivity contribution < 1.29 is 14.3 Å². The number of nitrogens with zero attached hydrogens (tertiary/aromatic N) is 3. The topological polar surface area (TPSA) is 98.1 Å². The number of thiophene rings is 1. The summed E-state index contributed by atoms with van der Waals surface area (Å²) < 4.78 is 7.34. The highest BCUT2D eigenvalue weighted by atomic mass is 32.2. The average Bonchev–Trinajstić information content (AvgIpc) is 3.17. The summed E-state index contributed by atoms with van der Waals surface area (Å²) >= 11 is 3.11. The number of carbonyl (C=O) groups is 2. The second-order valence-corrected chi connectivity index (χ2v) is 8.50. The Morgan fingerprint density at radius 3 is 2.93 bits per heavy atom. The van der Waals surface area contributed by atoms with E-state index in [1.165, 1.54) is 11.8 Å². The van der Waals surface area contributed by atoms with E-state index in [1.807, 2.05) is 17.5 Å². The molecular formula is C18H21N5O3S2. The number of esters is 1. The zero-order valence-corrected chi connectivity index (χ0v) is 17.2. The fourth-order valence-corrected chi connectivity index (χ4v) is 4.82. The first-order valence-corrected chi connectivity index (χ1v) is 11.0. The lowest BCUT2D eigenvalue weighted by molar-refractivity contribution is -0.138. The third-order valence-corrected chi connectivity index (χ3v) is 6.36. The van der Waals surface area contributed by atoms with E-state index in [0.29, 0.717) is 23.1 Å². The standard InChI is InChI=1S/C18H21N5O3S2/c1-3-26-16(24)14-10(2)19-17(25)20-12(14)9-28-18-22-21-15(13-5-4-8-27-13)23(18)11-6-7-11/h4-5,8,10-11H,3,6-7,9H2,1-2H3,(H2,19,20,25)/t10-/m1/s1. The van der Waals surface area contributed by atoms with Crippen LogP contribution in [0.3, 0.4) is 0 Å². The zero-order valence-electron chi connectivity index (χ0n) is 15.6. The van der Waals surface area contributed by atoms with Crippen LogP contribution in [0.5, 0.6) is 0 Å². The smallest absolute Gasteiger partial charge is 0.337 e. The molecule has 8 nitrogen and oxygen atoms in total. The maximum absolute atomic E-state index is 12.4. The molecule has 0 spiro atoms. The van der Waals surface area contributed by atoms with Gasteiger partial charge in [0.1, 0.15) is 0 Å². The largest absolute Gasteiger partial charge is 0.463 e. The van der Waals surface area contributed by atoms with Gasteiger partial charge < -0.3 is 15.4 Å². The van der Waals surface area contributed by atoms with Gasteiger partial charge in [0.2, 0.25) is 0 Å². The summed E-state index contributed by atoms with van der Waals surface area (Å²) in [6.07, 6.45) is 2.22. The highest BCUT2D eigenvalue weighted by Gasteiger charge is 2.32. The second kappa shape index (κ2) is 7.96. The van der Waals surface area contributed by atoms with Crippen molar-refractivity contribution in [2.45, 2.75) is 43.9 Å². The van der Waals surface area contributed by atoms with E-state index in [-0.39, 0.29) is 12.6 Å². The Balaban J connectivity index is 1.60. The molecular weight excluding hydrogens is 398 g/mol. The SMILES string of the molecule is CCOC(=O)C1=C(CSc2nnc(-c3cccs3)n2C2CC2)NC(=O)N[C@@H]1C. The minimum atomic E-state index is -0.416. The van der Waals surface area contributed by atoms with Crippen LogP contribution in [-0.4, -0.2) is 45.2 Å².